The number of carbonyl (C=O) groups is 1. The minimum Gasteiger partial charge on any atom is -0.480 e. The van der Waals surface area contributed by atoms with E-state index in [1.807, 2.05) is 26.8 Å². The van der Waals surface area contributed by atoms with Gasteiger partial charge in [0.05, 0.1) is 18.8 Å². The van der Waals surface area contributed by atoms with E-state index in [1.54, 1.807) is 6.20 Å². The zero-order chi connectivity index (χ0) is 20.5. The highest BCUT2D eigenvalue weighted by atomic mass is 16.5. The first-order chi connectivity index (χ1) is 13.4. The van der Waals surface area contributed by atoms with E-state index in [2.05, 4.69) is 14.7 Å². The number of likely N-dealkylation sites (tertiary alicyclic amines) is 1. The number of nitrogens with zero attached hydrogens (tertiary/aromatic N) is 3. The Balaban J connectivity index is 1.72. The predicted molar refractivity (Wildman–Crippen MR) is 113 cm³/mol. The highest BCUT2D eigenvalue weighted by Gasteiger charge is 2.25. The summed E-state index contributed by atoms with van der Waals surface area (Å²) in [6.07, 6.45) is 5.80. The van der Waals surface area contributed by atoms with Crippen LogP contribution in [0.15, 0.2) is 23.9 Å². The Bertz CT molecular complexity index is 545. The summed E-state index contributed by atoms with van der Waals surface area (Å²) in [5, 5.41) is 0. The van der Waals surface area contributed by atoms with Crippen molar-refractivity contribution in [3.63, 3.8) is 0 Å². The van der Waals surface area contributed by atoms with E-state index in [4.69, 9.17) is 16.2 Å². The summed E-state index contributed by atoms with van der Waals surface area (Å²) in [6.45, 7) is 14.3. The molecule has 4 N–H and O–H groups in total. The number of Topliss-reactive ketones (excluding diaryl/α,β-unsaturated/α-hetero) is 1. The first-order valence-corrected chi connectivity index (χ1v) is 10.7. The fourth-order valence-electron chi connectivity index (χ4n) is 3.88. The fourth-order valence-corrected chi connectivity index (χ4v) is 3.88. The maximum atomic E-state index is 11.9. The third-order valence-corrected chi connectivity index (χ3v) is 5.76. The smallest absolute Gasteiger partial charge is 0.186 e. The van der Waals surface area contributed by atoms with Crippen molar-refractivity contribution in [3.05, 3.63) is 23.9 Å². The van der Waals surface area contributed by atoms with E-state index in [0.29, 0.717) is 24.8 Å². The lowest BCUT2D eigenvalue weighted by Crippen LogP contribution is -2.48. The van der Waals surface area contributed by atoms with Crippen LogP contribution in [-0.4, -0.2) is 79.4 Å². The van der Waals surface area contributed by atoms with E-state index in [1.165, 1.54) is 12.8 Å². The number of piperidine rings is 1. The van der Waals surface area contributed by atoms with Gasteiger partial charge in [0.1, 0.15) is 5.78 Å². The van der Waals surface area contributed by atoms with Gasteiger partial charge < -0.3 is 21.1 Å². The van der Waals surface area contributed by atoms with Gasteiger partial charge in [0.2, 0.25) is 0 Å². The second-order valence-electron chi connectivity index (χ2n) is 8.20. The average Bonchev–Trinajstić information content (AvgIpc) is 2.68. The molecule has 28 heavy (non-hydrogen) atoms. The molecule has 0 amide bonds. The molecule has 7 heteroatoms. The minimum atomic E-state index is 0.139. The number of carbonyl (C=O) groups excluding carboxylic acids is 1. The van der Waals surface area contributed by atoms with Gasteiger partial charge in [0.15, 0.2) is 5.88 Å². The molecule has 0 aromatic heterocycles. The lowest BCUT2D eigenvalue weighted by atomic mass is 9.95. The molecule has 7 nitrogen and oxygen atoms in total. The third kappa shape index (κ3) is 7.02. The summed E-state index contributed by atoms with van der Waals surface area (Å²) in [6, 6.07) is 0. The number of hydrogen-bond donors (Lipinski definition) is 2. The number of ether oxygens (including phenoxy) is 1. The summed E-state index contributed by atoms with van der Waals surface area (Å²) in [4.78, 5) is 19.1. The van der Waals surface area contributed by atoms with Crippen molar-refractivity contribution in [1.29, 1.82) is 0 Å². The molecule has 0 radical (unpaired) electrons. The molecule has 0 saturated carbocycles. The first kappa shape index (κ1) is 22.6. The average molecular weight is 394 g/mol. The van der Waals surface area contributed by atoms with E-state index >= 15 is 0 Å². The van der Waals surface area contributed by atoms with Crippen molar-refractivity contribution in [2.45, 2.75) is 33.6 Å². The van der Waals surface area contributed by atoms with Gasteiger partial charge in [-0.3, -0.25) is 14.6 Å². The quantitative estimate of drug-likeness (QED) is 0.449. The van der Waals surface area contributed by atoms with Crippen LogP contribution in [0.3, 0.4) is 0 Å². The zero-order valence-corrected chi connectivity index (χ0v) is 17.9. The van der Waals surface area contributed by atoms with E-state index in [-0.39, 0.29) is 5.92 Å². The van der Waals surface area contributed by atoms with Crippen molar-refractivity contribution < 1.29 is 9.53 Å². The van der Waals surface area contributed by atoms with E-state index in [9.17, 15) is 4.79 Å². The van der Waals surface area contributed by atoms with Gasteiger partial charge in [-0.25, -0.2) is 0 Å². The number of rotatable bonds is 9. The van der Waals surface area contributed by atoms with Crippen LogP contribution in [0.5, 0.6) is 0 Å². The Hall–Kier alpha value is -1.73. The maximum Gasteiger partial charge on any atom is 0.186 e. The van der Waals surface area contributed by atoms with Crippen molar-refractivity contribution in [2.75, 3.05) is 59.0 Å². The number of ketones is 1. The van der Waals surface area contributed by atoms with Crippen LogP contribution in [0.4, 0.5) is 0 Å². The number of allylic oxidation sites excluding steroid dienone is 1. The monoisotopic (exact) mass is 393 g/mol. The van der Waals surface area contributed by atoms with E-state index in [0.717, 1.165) is 57.4 Å². The summed E-state index contributed by atoms with van der Waals surface area (Å²) < 4.78 is 5.31. The van der Waals surface area contributed by atoms with Gasteiger partial charge in [-0.2, -0.15) is 0 Å². The van der Waals surface area contributed by atoms with Crippen molar-refractivity contribution in [2.24, 2.45) is 23.3 Å². The van der Waals surface area contributed by atoms with Crippen LogP contribution >= 0.6 is 0 Å². The Morgan fingerprint density at radius 3 is 2.29 bits per heavy atom. The molecule has 0 aliphatic carbocycles. The van der Waals surface area contributed by atoms with Crippen molar-refractivity contribution >= 4 is 5.78 Å². The molecular formula is C21H39N5O2. The number of nitrogens with two attached hydrogens (primary N) is 2. The SMILES string of the molecule is CCO/C(N)=C/C(=C\N)N1CCN(CC2CCN(CC(=O)C(C)C)CC2)CC1. The predicted octanol–water partition coefficient (Wildman–Crippen LogP) is 1.18. The molecule has 2 heterocycles. The third-order valence-electron chi connectivity index (χ3n) is 5.76. The molecule has 160 valence electrons. The first-order valence-electron chi connectivity index (χ1n) is 10.7. The Morgan fingerprint density at radius 2 is 1.75 bits per heavy atom. The largest absolute Gasteiger partial charge is 0.480 e. The van der Waals surface area contributed by atoms with Crippen LogP contribution in [0.25, 0.3) is 0 Å². The summed E-state index contributed by atoms with van der Waals surface area (Å²) in [7, 11) is 0. The van der Waals surface area contributed by atoms with E-state index < -0.39 is 0 Å². The molecule has 2 aliphatic heterocycles. The fraction of sp³-hybridized carbons (Fsp3) is 0.762. The molecule has 2 saturated heterocycles. The molecule has 2 fully saturated rings. The van der Waals surface area contributed by atoms with Crippen LogP contribution in [0.1, 0.15) is 33.6 Å². The molecule has 0 aromatic carbocycles. The second kappa shape index (κ2) is 11.3. The van der Waals surface area contributed by atoms with Crippen molar-refractivity contribution in [3.8, 4) is 0 Å². The summed E-state index contributed by atoms with van der Waals surface area (Å²) >= 11 is 0. The highest BCUT2D eigenvalue weighted by molar-refractivity contribution is 5.82. The zero-order valence-electron chi connectivity index (χ0n) is 17.9. The molecule has 0 bridgehead atoms. The second-order valence-corrected chi connectivity index (χ2v) is 8.20. The van der Waals surface area contributed by atoms with Crippen LogP contribution in [-0.2, 0) is 9.53 Å². The Labute approximate surface area is 170 Å². The van der Waals surface area contributed by atoms with Gasteiger partial charge in [-0.05, 0) is 38.8 Å². The molecule has 0 unspecified atom stereocenters. The topological polar surface area (TPSA) is 88.1 Å². The molecule has 0 spiro atoms. The van der Waals surface area contributed by atoms with Gasteiger partial charge in [-0.1, -0.05) is 13.8 Å². The highest BCUT2D eigenvalue weighted by Crippen LogP contribution is 2.20. The summed E-state index contributed by atoms with van der Waals surface area (Å²) in [5.74, 6) is 1.64. The lowest BCUT2D eigenvalue weighted by molar-refractivity contribution is -0.123. The molecule has 2 aliphatic rings. The summed E-state index contributed by atoms with van der Waals surface area (Å²) in [5.41, 5.74) is 12.6. The Kier molecular flexibility index (Phi) is 9.12. The normalized spacial score (nSPS) is 21.4. The molecule has 2 rings (SSSR count). The molecule has 0 atom stereocenters. The van der Waals surface area contributed by atoms with Crippen LogP contribution < -0.4 is 11.5 Å². The van der Waals surface area contributed by atoms with Gasteiger partial charge >= 0.3 is 0 Å². The van der Waals surface area contributed by atoms with Crippen LogP contribution in [0.2, 0.25) is 0 Å². The van der Waals surface area contributed by atoms with Gasteiger partial charge in [-0.15, -0.1) is 0 Å². The lowest BCUT2D eigenvalue weighted by Gasteiger charge is -2.39. The van der Waals surface area contributed by atoms with Gasteiger partial charge in [0.25, 0.3) is 0 Å². The number of piperazine rings is 1. The van der Waals surface area contributed by atoms with Crippen molar-refractivity contribution in [1.82, 2.24) is 14.7 Å². The van der Waals surface area contributed by atoms with Gasteiger partial charge in [0, 0.05) is 50.9 Å². The Morgan fingerprint density at radius 1 is 1.11 bits per heavy atom. The molecule has 0 aromatic rings. The minimum absolute atomic E-state index is 0.139. The molecular weight excluding hydrogens is 354 g/mol. The number of hydrogen-bond acceptors (Lipinski definition) is 7. The standard InChI is InChI=1S/C21H39N5O2/c1-4-28-21(23)13-19(14-22)26-11-9-25(10-12-26)15-18-5-7-24(8-6-18)16-20(27)17(2)3/h13-14,17-18H,4-12,15-16,22-23H2,1-3H3/b19-14+,21-13+. The maximum absolute atomic E-state index is 11.9. The van der Waals surface area contributed by atoms with Crippen LogP contribution in [0, 0.1) is 11.8 Å².